The second-order valence-corrected chi connectivity index (χ2v) is 7.88. The summed E-state index contributed by atoms with van der Waals surface area (Å²) < 4.78 is 10.6. The second kappa shape index (κ2) is 9.86. The lowest BCUT2D eigenvalue weighted by atomic mass is 9.83. The summed E-state index contributed by atoms with van der Waals surface area (Å²) in [5.74, 6) is 0.0586. The third-order valence-electron chi connectivity index (χ3n) is 6.03. The van der Waals surface area contributed by atoms with Gasteiger partial charge in [-0.1, -0.05) is 0 Å². The van der Waals surface area contributed by atoms with Gasteiger partial charge < -0.3 is 19.7 Å². The van der Waals surface area contributed by atoms with E-state index in [1.165, 1.54) is 0 Å². The third kappa shape index (κ3) is 5.34. The van der Waals surface area contributed by atoms with E-state index in [0.717, 1.165) is 19.3 Å². The van der Waals surface area contributed by atoms with Gasteiger partial charge >= 0.3 is 0 Å². The van der Waals surface area contributed by atoms with Crippen LogP contribution in [0.1, 0.15) is 48.0 Å². The zero-order valence-electron chi connectivity index (χ0n) is 17.0. The molecule has 7 nitrogen and oxygen atoms in total. The van der Waals surface area contributed by atoms with Gasteiger partial charge in [0.1, 0.15) is 0 Å². The highest BCUT2D eigenvalue weighted by molar-refractivity contribution is 5.94. The molecule has 1 N–H and O–H groups in total. The van der Waals surface area contributed by atoms with Crippen molar-refractivity contribution in [3.8, 4) is 6.07 Å². The fourth-order valence-electron chi connectivity index (χ4n) is 4.07. The van der Waals surface area contributed by atoms with Crippen molar-refractivity contribution in [1.29, 1.82) is 5.26 Å². The number of carbonyl (C=O) groups is 2. The summed E-state index contributed by atoms with van der Waals surface area (Å²) in [5.41, 5.74) is 0.779. The van der Waals surface area contributed by atoms with Crippen LogP contribution in [0.15, 0.2) is 24.3 Å². The molecule has 1 aromatic carbocycles. The number of hydrogen-bond donors (Lipinski definition) is 1. The number of nitrogens with zero attached hydrogens (tertiary/aromatic N) is 2. The van der Waals surface area contributed by atoms with Crippen LogP contribution < -0.4 is 5.32 Å². The average molecular weight is 399 g/mol. The zero-order chi connectivity index (χ0) is 20.7. The Bertz CT molecular complexity index is 742. The van der Waals surface area contributed by atoms with E-state index in [-0.39, 0.29) is 23.3 Å². The van der Waals surface area contributed by atoms with Crippen LogP contribution in [0.2, 0.25) is 0 Å². The molecule has 0 unspecified atom stereocenters. The van der Waals surface area contributed by atoms with E-state index in [1.807, 2.05) is 4.90 Å². The fraction of sp³-hybridized carbons (Fsp3) is 0.591. The van der Waals surface area contributed by atoms with Crippen molar-refractivity contribution in [2.75, 3.05) is 40.0 Å². The van der Waals surface area contributed by atoms with Crippen LogP contribution in [0.3, 0.4) is 0 Å². The number of carbonyl (C=O) groups excluding carboxylic acids is 2. The normalized spacial score (nSPS) is 19.4. The van der Waals surface area contributed by atoms with Crippen molar-refractivity contribution < 1.29 is 19.1 Å². The molecule has 0 bridgehead atoms. The largest absolute Gasteiger partial charge is 0.385 e. The maximum absolute atomic E-state index is 12.8. The molecule has 2 saturated heterocycles. The molecule has 0 spiro atoms. The van der Waals surface area contributed by atoms with Gasteiger partial charge in [-0.3, -0.25) is 9.59 Å². The average Bonchev–Trinajstić information content (AvgIpc) is 2.78. The third-order valence-corrected chi connectivity index (χ3v) is 6.03. The zero-order valence-corrected chi connectivity index (χ0v) is 17.0. The maximum atomic E-state index is 12.8. The van der Waals surface area contributed by atoms with Gasteiger partial charge in [-0.15, -0.1) is 0 Å². The molecule has 2 heterocycles. The van der Waals surface area contributed by atoms with Crippen molar-refractivity contribution in [3.63, 3.8) is 0 Å². The number of nitriles is 1. The van der Waals surface area contributed by atoms with Crippen LogP contribution >= 0.6 is 0 Å². The predicted octanol–water partition coefficient (Wildman–Crippen LogP) is 2.11. The minimum Gasteiger partial charge on any atom is -0.385 e. The molecule has 2 fully saturated rings. The van der Waals surface area contributed by atoms with Crippen LogP contribution in [0.25, 0.3) is 0 Å². The number of benzene rings is 1. The van der Waals surface area contributed by atoms with E-state index < -0.39 is 0 Å². The smallest absolute Gasteiger partial charge is 0.253 e. The van der Waals surface area contributed by atoms with Gasteiger partial charge in [-0.25, -0.2) is 0 Å². The highest BCUT2D eigenvalue weighted by Gasteiger charge is 2.38. The lowest BCUT2D eigenvalue weighted by molar-refractivity contribution is -0.130. The minimum absolute atomic E-state index is 0.00137. The molecule has 2 aliphatic heterocycles. The maximum Gasteiger partial charge on any atom is 0.253 e. The van der Waals surface area contributed by atoms with Gasteiger partial charge in [0.15, 0.2) is 0 Å². The van der Waals surface area contributed by atoms with Crippen LogP contribution in [0, 0.1) is 17.2 Å². The van der Waals surface area contributed by atoms with Crippen LogP contribution in [0.4, 0.5) is 0 Å². The first-order valence-electron chi connectivity index (χ1n) is 10.2. The van der Waals surface area contributed by atoms with E-state index in [1.54, 1.807) is 31.4 Å². The Morgan fingerprint density at radius 2 is 1.90 bits per heavy atom. The van der Waals surface area contributed by atoms with E-state index in [9.17, 15) is 9.59 Å². The fourth-order valence-corrected chi connectivity index (χ4v) is 4.07. The van der Waals surface area contributed by atoms with Gasteiger partial charge in [0.2, 0.25) is 5.91 Å². The van der Waals surface area contributed by atoms with Crippen molar-refractivity contribution in [2.24, 2.45) is 5.92 Å². The number of methoxy groups -OCH3 is 1. The summed E-state index contributed by atoms with van der Waals surface area (Å²) in [6, 6.07) is 8.78. The second-order valence-electron chi connectivity index (χ2n) is 7.88. The van der Waals surface area contributed by atoms with E-state index in [4.69, 9.17) is 14.7 Å². The van der Waals surface area contributed by atoms with Crippen LogP contribution in [0.5, 0.6) is 0 Å². The molecule has 0 aliphatic carbocycles. The summed E-state index contributed by atoms with van der Waals surface area (Å²) in [6.07, 6.45) is 3.66. The van der Waals surface area contributed by atoms with E-state index >= 15 is 0 Å². The Morgan fingerprint density at radius 1 is 1.24 bits per heavy atom. The molecule has 1 aromatic rings. The van der Waals surface area contributed by atoms with Gasteiger partial charge in [0, 0.05) is 57.0 Å². The number of likely N-dealkylation sites (tertiary alicyclic amines) is 1. The highest BCUT2D eigenvalue weighted by atomic mass is 16.5. The Kier molecular flexibility index (Phi) is 7.24. The van der Waals surface area contributed by atoms with Crippen molar-refractivity contribution >= 4 is 11.8 Å². The Balaban J connectivity index is 1.62. The lowest BCUT2D eigenvalue weighted by Crippen LogP contribution is -2.58. The first-order chi connectivity index (χ1) is 14.1. The molecule has 2 amide bonds. The molecule has 156 valence electrons. The quantitative estimate of drug-likeness (QED) is 0.791. The minimum atomic E-state index is -0.340. The Morgan fingerprint density at radius 3 is 2.48 bits per heavy atom. The standard InChI is InChI=1S/C22H29N3O4/c1-28-15-10-22(24-20(26)18-6-13-29-14-7-18)8-11-25(12-9-22)21(27)19-4-2-17(16-23)3-5-19/h2-5,18H,6-15H2,1H3,(H,24,26). The number of rotatable bonds is 6. The number of ether oxygens (including phenoxy) is 2. The molecular weight excluding hydrogens is 370 g/mol. The highest BCUT2D eigenvalue weighted by Crippen LogP contribution is 2.28. The van der Waals surface area contributed by atoms with Crippen LogP contribution in [-0.2, 0) is 14.3 Å². The summed E-state index contributed by atoms with van der Waals surface area (Å²) in [5, 5.41) is 12.2. The topological polar surface area (TPSA) is 91.7 Å². The first kappa shape index (κ1) is 21.3. The first-order valence-corrected chi connectivity index (χ1v) is 10.2. The summed E-state index contributed by atoms with van der Waals surface area (Å²) in [6.45, 7) is 3.00. The number of hydrogen-bond acceptors (Lipinski definition) is 5. The van der Waals surface area contributed by atoms with Crippen molar-refractivity contribution in [2.45, 2.75) is 37.6 Å². The lowest BCUT2D eigenvalue weighted by Gasteiger charge is -2.43. The van der Waals surface area contributed by atoms with E-state index in [0.29, 0.717) is 56.9 Å². The number of amides is 2. The van der Waals surface area contributed by atoms with Crippen molar-refractivity contribution in [3.05, 3.63) is 35.4 Å². The van der Waals surface area contributed by atoms with Gasteiger partial charge in [-0.2, -0.15) is 5.26 Å². The molecule has 29 heavy (non-hydrogen) atoms. The molecule has 3 rings (SSSR count). The molecule has 0 radical (unpaired) electrons. The Labute approximate surface area is 172 Å². The summed E-state index contributed by atoms with van der Waals surface area (Å²) in [4.78, 5) is 27.5. The SMILES string of the molecule is COCCC1(NC(=O)C2CCOCC2)CCN(C(=O)c2ccc(C#N)cc2)CC1. The molecule has 0 atom stereocenters. The van der Waals surface area contributed by atoms with Gasteiger partial charge in [0.25, 0.3) is 5.91 Å². The van der Waals surface area contributed by atoms with Crippen LogP contribution in [-0.4, -0.2) is 62.3 Å². The number of piperidine rings is 1. The molecule has 2 aliphatic rings. The summed E-state index contributed by atoms with van der Waals surface area (Å²) >= 11 is 0. The van der Waals surface area contributed by atoms with Crippen molar-refractivity contribution in [1.82, 2.24) is 10.2 Å². The molecule has 0 saturated carbocycles. The molecular formula is C22H29N3O4. The molecule has 7 heteroatoms. The van der Waals surface area contributed by atoms with Gasteiger partial charge in [0.05, 0.1) is 11.6 Å². The monoisotopic (exact) mass is 399 g/mol. The van der Waals surface area contributed by atoms with Gasteiger partial charge in [-0.05, 0) is 56.4 Å². The predicted molar refractivity (Wildman–Crippen MR) is 107 cm³/mol. The number of nitrogens with one attached hydrogen (secondary N) is 1. The van der Waals surface area contributed by atoms with E-state index in [2.05, 4.69) is 11.4 Å². The Hall–Kier alpha value is -2.43. The summed E-state index contributed by atoms with van der Waals surface area (Å²) in [7, 11) is 1.66. The molecule has 0 aromatic heterocycles.